The number of carbonyl (C=O) groups is 1. The van der Waals surface area contributed by atoms with E-state index in [0.717, 1.165) is 54.9 Å². The summed E-state index contributed by atoms with van der Waals surface area (Å²) in [6, 6.07) is 15.4. The van der Waals surface area contributed by atoms with Crippen LogP contribution in [0.3, 0.4) is 0 Å². The van der Waals surface area contributed by atoms with Crippen molar-refractivity contribution < 1.29 is 27.4 Å². The van der Waals surface area contributed by atoms with Gasteiger partial charge in [0.15, 0.2) is 9.84 Å². The summed E-state index contributed by atoms with van der Waals surface area (Å²) in [7, 11) is -1.24. The SMILES string of the molecule is COc1ccc(/C=C/C(=O)OCCCCCCCCCCOc2ccc(N3CCS(=O)(=O)CC3)cc2)cc1. The standard InChI is InChI=1S/C30H41NO6S/c1-35-28-15-10-26(11-16-28)12-19-30(32)37-23-9-7-5-3-2-4-6-8-22-36-29-17-13-27(14-18-29)31-20-24-38(33,34)25-21-31/h10-19H,2-9,20-25H2,1H3/b19-12+. The molecule has 0 spiro atoms. The van der Waals surface area contributed by atoms with Gasteiger partial charge in [0.1, 0.15) is 11.5 Å². The number of methoxy groups -OCH3 is 1. The minimum Gasteiger partial charge on any atom is -0.497 e. The molecule has 1 fully saturated rings. The number of anilines is 1. The molecule has 1 aliphatic heterocycles. The van der Waals surface area contributed by atoms with Crippen LogP contribution in [0.25, 0.3) is 6.08 Å². The first-order valence-electron chi connectivity index (χ1n) is 13.6. The van der Waals surface area contributed by atoms with Crippen molar-refractivity contribution in [2.24, 2.45) is 0 Å². The average Bonchev–Trinajstić information content (AvgIpc) is 2.93. The van der Waals surface area contributed by atoms with E-state index in [1.54, 1.807) is 13.2 Å². The lowest BCUT2D eigenvalue weighted by Crippen LogP contribution is -2.40. The van der Waals surface area contributed by atoms with Gasteiger partial charge in [-0.05, 0) is 60.9 Å². The fourth-order valence-electron chi connectivity index (χ4n) is 4.28. The molecule has 1 heterocycles. The number of hydrogen-bond donors (Lipinski definition) is 0. The topological polar surface area (TPSA) is 82.1 Å². The molecule has 7 nitrogen and oxygen atoms in total. The Morgan fingerprint density at radius 2 is 1.34 bits per heavy atom. The van der Waals surface area contributed by atoms with E-state index in [1.165, 1.54) is 25.3 Å². The monoisotopic (exact) mass is 543 g/mol. The van der Waals surface area contributed by atoms with Crippen LogP contribution in [0.5, 0.6) is 11.5 Å². The smallest absolute Gasteiger partial charge is 0.330 e. The molecule has 0 N–H and O–H groups in total. The van der Waals surface area contributed by atoms with Gasteiger partial charge in [0.25, 0.3) is 0 Å². The molecule has 38 heavy (non-hydrogen) atoms. The molecule has 0 aliphatic carbocycles. The second-order valence-electron chi connectivity index (χ2n) is 9.58. The zero-order valence-corrected chi connectivity index (χ0v) is 23.3. The highest BCUT2D eigenvalue weighted by molar-refractivity contribution is 7.91. The maximum absolute atomic E-state index is 11.8. The van der Waals surface area contributed by atoms with E-state index in [2.05, 4.69) is 4.90 Å². The second-order valence-corrected chi connectivity index (χ2v) is 11.9. The highest BCUT2D eigenvalue weighted by atomic mass is 32.2. The molecule has 0 bridgehead atoms. The van der Waals surface area contributed by atoms with Crippen LogP contribution < -0.4 is 14.4 Å². The van der Waals surface area contributed by atoms with Crippen molar-refractivity contribution in [3.63, 3.8) is 0 Å². The summed E-state index contributed by atoms with van der Waals surface area (Å²) in [6.07, 6.45) is 12.1. The zero-order valence-electron chi connectivity index (χ0n) is 22.5. The summed E-state index contributed by atoms with van der Waals surface area (Å²) in [5.41, 5.74) is 1.98. The van der Waals surface area contributed by atoms with Crippen molar-refractivity contribution in [2.45, 2.75) is 51.4 Å². The van der Waals surface area contributed by atoms with Gasteiger partial charge >= 0.3 is 5.97 Å². The minimum absolute atomic E-state index is 0.227. The van der Waals surface area contributed by atoms with Gasteiger partial charge < -0.3 is 19.1 Å². The quantitative estimate of drug-likeness (QED) is 0.153. The van der Waals surface area contributed by atoms with E-state index < -0.39 is 9.84 Å². The van der Waals surface area contributed by atoms with Crippen LogP contribution in [0.1, 0.15) is 56.9 Å². The molecule has 0 atom stereocenters. The van der Waals surface area contributed by atoms with Crippen LogP contribution in [0, 0.1) is 0 Å². The Labute approximate surface area is 227 Å². The van der Waals surface area contributed by atoms with E-state index >= 15 is 0 Å². The Morgan fingerprint density at radius 3 is 1.95 bits per heavy atom. The van der Waals surface area contributed by atoms with Gasteiger partial charge in [0.2, 0.25) is 0 Å². The minimum atomic E-state index is -2.86. The summed E-state index contributed by atoms with van der Waals surface area (Å²) in [4.78, 5) is 13.9. The number of hydrogen-bond acceptors (Lipinski definition) is 7. The van der Waals surface area contributed by atoms with Gasteiger partial charge in [-0.15, -0.1) is 0 Å². The van der Waals surface area contributed by atoms with Crippen LogP contribution in [0.4, 0.5) is 5.69 Å². The molecular weight excluding hydrogens is 502 g/mol. The van der Waals surface area contributed by atoms with E-state index in [-0.39, 0.29) is 17.5 Å². The first kappa shape index (κ1) is 29.6. The summed E-state index contributed by atoms with van der Waals surface area (Å²) >= 11 is 0. The number of esters is 1. The zero-order chi connectivity index (χ0) is 27.1. The first-order valence-corrected chi connectivity index (χ1v) is 15.4. The van der Waals surface area contributed by atoms with E-state index in [4.69, 9.17) is 14.2 Å². The fraction of sp³-hybridized carbons (Fsp3) is 0.500. The van der Waals surface area contributed by atoms with Gasteiger partial charge in [-0.3, -0.25) is 0 Å². The predicted octanol–water partition coefficient (Wildman–Crippen LogP) is 5.69. The fourth-order valence-corrected chi connectivity index (χ4v) is 5.48. The lowest BCUT2D eigenvalue weighted by atomic mass is 10.1. The Kier molecular flexibility index (Phi) is 12.5. The number of nitrogens with zero attached hydrogens (tertiary/aromatic N) is 1. The van der Waals surface area contributed by atoms with Gasteiger partial charge in [-0.2, -0.15) is 0 Å². The van der Waals surface area contributed by atoms with Crippen LogP contribution >= 0.6 is 0 Å². The molecule has 2 aromatic rings. The van der Waals surface area contributed by atoms with Gasteiger partial charge in [-0.25, -0.2) is 13.2 Å². The molecule has 8 heteroatoms. The van der Waals surface area contributed by atoms with Gasteiger partial charge in [0, 0.05) is 24.9 Å². The lowest BCUT2D eigenvalue weighted by Gasteiger charge is -2.28. The Balaban J connectivity index is 1.13. The lowest BCUT2D eigenvalue weighted by molar-refractivity contribution is -0.137. The molecule has 0 unspecified atom stereocenters. The molecule has 2 aromatic carbocycles. The number of sulfone groups is 1. The average molecular weight is 544 g/mol. The third-order valence-electron chi connectivity index (χ3n) is 6.63. The first-order chi connectivity index (χ1) is 18.4. The normalized spacial score (nSPS) is 14.9. The summed E-state index contributed by atoms with van der Waals surface area (Å²) in [5.74, 6) is 1.79. The summed E-state index contributed by atoms with van der Waals surface area (Å²) < 4.78 is 39.4. The van der Waals surface area contributed by atoms with Crippen molar-refractivity contribution in [1.82, 2.24) is 0 Å². The maximum atomic E-state index is 11.8. The van der Waals surface area contributed by atoms with Gasteiger partial charge in [0.05, 0.1) is 31.8 Å². The Bertz CT molecular complexity index is 1080. The Hall–Kier alpha value is -3.00. The van der Waals surface area contributed by atoms with Crippen LogP contribution in [-0.2, 0) is 19.4 Å². The van der Waals surface area contributed by atoms with Crippen LogP contribution in [0.2, 0.25) is 0 Å². The van der Waals surface area contributed by atoms with E-state index in [0.29, 0.717) is 26.3 Å². The molecule has 0 saturated carbocycles. The second kappa shape index (κ2) is 16.1. The molecular formula is C30H41NO6S. The molecule has 0 amide bonds. The number of benzene rings is 2. The van der Waals surface area contributed by atoms with Crippen molar-refractivity contribution >= 4 is 27.6 Å². The summed E-state index contributed by atoms with van der Waals surface area (Å²) in [6.45, 7) is 2.28. The van der Waals surface area contributed by atoms with E-state index in [1.807, 2.05) is 48.5 Å². The van der Waals surface area contributed by atoms with E-state index in [9.17, 15) is 13.2 Å². The van der Waals surface area contributed by atoms with Crippen molar-refractivity contribution in [3.8, 4) is 11.5 Å². The molecule has 1 saturated heterocycles. The molecule has 0 radical (unpaired) electrons. The van der Waals surface area contributed by atoms with Crippen molar-refractivity contribution in [2.75, 3.05) is 49.8 Å². The van der Waals surface area contributed by atoms with Crippen molar-refractivity contribution in [1.29, 1.82) is 0 Å². The number of carbonyl (C=O) groups excluding carboxylic acids is 1. The number of ether oxygens (including phenoxy) is 3. The Morgan fingerprint density at radius 1 is 0.789 bits per heavy atom. The molecule has 208 valence electrons. The number of rotatable bonds is 16. The predicted molar refractivity (Wildman–Crippen MR) is 153 cm³/mol. The largest absolute Gasteiger partial charge is 0.497 e. The molecule has 1 aliphatic rings. The molecule has 3 rings (SSSR count). The van der Waals surface area contributed by atoms with Crippen LogP contribution in [0.15, 0.2) is 54.6 Å². The highest BCUT2D eigenvalue weighted by Gasteiger charge is 2.21. The highest BCUT2D eigenvalue weighted by Crippen LogP contribution is 2.21. The maximum Gasteiger partial charge on any atom is 0.330 e. The number of unbranched alkanes of at least 4 members (excludes halogenated alkanes) is 7. The third-order valence-corrected chi connectivity index (χ3v) is 8.23. The van der Waals surface area contributed by atoms with Crippen molar-refractivity contribution in [3.05, 3.63) is 60.2 Å². The van der Waals surface area contributed by atoms with Gasteiger partial charge in [-0.1, -0.05) is 50.7 Å². The summed E-state index contributed by atoms with van der Waals surface area (Å²) in [5, 5.41) is 0. The molecule has 0 aromatic heterocycles. The third kappa shape index (κ3) is 11.2. The van der Waals surface area contributed by atoms with Crippen LogP contribution in [-0.4, -0.2) is 59.3 Å².